The van der Waals surface area contributed by atoms with Gasteiger partial charge in [0.25, 0.3) is 5.56 Å². The lowest BCUT2D eigenvalue weighted by molar-refractivity contribution is 0.102. The van der Waals surface area contributed by atoms with Crippen LogP contribution in [0.1, 0.15) is 21.5 Å². The molecule has 0 radical (unpaired) electrons. The molecule has 0 aliphatic rings. The molecular formula is C26H22N2O3S. The minimum atomic E-state index is -0.480. The zero-order valence-corrected chi connectivity index (χ0v) is 18.4. The molecule has 4 aromatic rings. The van der Waals surface area contributed by atoms with E-state index in [9.17, 15) is 14.4 Å². The first-order valence-electron chi connectivity index (χ1n) is 10.2. The maximum atomic E-state index is 12.7. The van der Waals surface area contributed by atoms with Gasteiger partial charge in [0.15, 0.2) is 5.78 Å². The van der Waals surface area contributed by atoms with Gasteiger partial charge in [0.2, 0.25) is 0 Å². The van der Waals surface area contributed by atoms with Crippen LogP contribution >= 0.6 is 11.8 Å². The van der Waals surface area contributed by atoms with Gasteiger partial charge in [0.05, 0.1) is 17.3 Å². The summed E-state index contributed by atoms with van der Waals surface area (Å²) in [5, 5.41) is 0.429. The molecule has 160 valence electrons. The minimum absolute atomic E-state index is 0.0664. The van der Waals surface area contributed by atoms with E-state index < -0.39 is 5.69 Å². The van der Waals surface area contributed by atoms with E-state index >= 15 is 0 Å². The monoisotopic (exact) mass is 442 g/mol. The highest BCUT2D eigenvalue weighted by atomic mass is 32.2. The fourth-order valence-electron chi connectivity index (χ4n) is 3.40. The fourth-order valence-corrected chi connectivity index (χ4v) is 4.31. The second-order valence-corrected chi connectivity index (χ2v) is 8.40. The highest BCUT2D eigenvalue weighted by Crippen LogP contribution is 2.21. The van der Waals surface area contributed by atoms with Crippen molar-refractivity contribution in [2.75, 3.05) is 5.75 Å². The number of hydrogen-bond donors (Lipinski definition) is 1. The van der Waals surface area contributed by atoms with E-state index in [-0.39, 0.29) is 23.6 Å². The Bertz CT molecular complexity index is 1340. The third kappa shape index (κ3) is 4.81. The van der Waals surface area contributed by atoms with E-state index in [1.165, 1.54) is 16.3 Å². The van der Waals surface area contributed by atoms with Gasteiger partial charge in [-0.2, -0.15) is 0 Å². The summed E-state index contributed by atoms with van der Waals surface area (Å²) >= 11 is 1.18. The fraction of sp³-hybridized carbons (Fsp3) is 0.115. The van der Waals surface area contributed by atoms with E-state index in [1.807, 2.05) is 72.8 Å². The molecule has 0 aliphatic heterocycles. The molecule has 5 nitrogen and oxygen atoms in total. The number of Topliss-reactive ketones (excluding diaryl/α,β-unsaturated/α-hetero) is 1. The first-order valence-corrected chi connectivity index (χ1v) is 11.2. The number of ketones is 1. The average Bonchev–Trinajstić information content (AvgIpc) is 2.84. The number of aromatic amines is 1. The van der Waals surface area contributed by atoms with E-state index in [2.05, 4.69) is 4.98 Å². The van der Waals surface area contributed by atoms with Crippen molar-refractivity contribution in [2.24, 2.45) is 0 Å². The number of aromatic nitrogens is 2. The lowest BCUT2D eigenvalue weighted by atomic mass is 10.0. The maximum Gasteiger partial charge on any atom is 0.329 e. The third-order valence-electron chi connectivity index (χ3n) is 5.22. The molecule has 0 bridgehead atoms. The number of rotatable bonds is 7. The smallest absolute Gasteiger partial charge is 0.301 e. The summed E-state index contributed by atoms with van der Waals surface area (Å²) in [4.78, 5) is 40.7. The van der Waals surface area contributed by atoms with Crippen molar-refractivity contribution in [3.8, 4) is 11.1 Å². The molecule has 0 saturated heterocycles. The second kappa shape index (κ2) is 9.66. The Labute approximate surface area is 189 Å². The molecule has 0 atom stereocenters. The van der Waals surface area contributed by atoms with Crippen LogP contribution in [-0.4, -0.2) is 21.1 Å². The van der Waals surface area contributed by atoms with Crippen molar-refractivity contribution >= 4 is 17.5 Å². The number of nitrogens with one attached hydrogen (secondary N) is 1. The number of carbonyl (C=O) groups excluding carboxylic acids is 1. The van der Waals surface area contributed by atoms with Crippen LogP contribution in [0.5, 0.6) is 0 Å². The lowest BCUT2D eigenvalue weighted by Crippen LogP contribution is -2.37. The molecule has 1 aromatic heterocycles. The van der Waals surface area contributed by atoms with Gasteiger partial charge in [0.1, 0.15) is 0 Å². The highest BCUT2D eigenvalue weighted by molar-refractivity contribution is 8.00. The topological polar surface area (TPSA) is 71.9 Å². The predicted octanol–water partition coefficient (Wildman–Crippen LogP) is 4.54. The first kappa shape index (κ1) is 21.6. The van der Waals surface area contributed by atoms with E-state index in [1.54, 1.807) is 19.1 Å². The molecule has 32 heavy (non-hydrogen) atoms. The number of nitrogens with zero attached hydrogens (tertiary/aromatic N) is 1. The predicted molar refractivity (Wildman–Crippen MR) is 129 cm³/mol. The maximum absolute atomic E-state index is 12.7. The SMILES string of the molecule is Cc1c(SCC(=O)c2ccc(-c3ccccc3)cc2)[nH]c(=O)n(Cc2ccccc2)c1=O. The van der Waals surface area contributed by atoms with Gasteiger partial charge >= 0.3 is 5.69 Å². The van der Waals surface area contributed by atoms with E-state index in [4.69, 9.17) is 0 Å². The molecule has 0 fully saturated rings. The van der Waals surface area contributed by atoms with E-state index in [0.29, 0.717) is 16.2 Å². The molecule has 4 rings (SSSR count). The Morgan fingerprint density at radius 3 is 2.09 bits per heavy atom. The number of H-pyrrole nitrogens is 1. The molecule has 1 heterocycles. The van der Waals surface area contributed by atoms with E-state index in [0.717, 1.165) is 16.7 Å². The Kier molecular flexibility index (Phi) is 6.52. The van der Waals surface area contributed by atoms with Crippen molar-refractivity contribution in [3.63, 3.8) is 0 Å². The van der Waals surface area contributed by atoms with Crippen LogP contribution in [0.25, 0.3) is 11.1 Å². The van der Waals surface area contributed by atoms with Crippen molar-refractivity contribution in [3.05, 3.63) is 122 Å². The van der Waals surface area contributed by atoms with Crippen LogP contribution in [0.4, 0.5) is 0 Å². The number of thioether (sulfide) groups is 1. The third-order valence-corrected chi connectivity index (χ3v) is 6.32. The number of carbonyl (C=O) groups is 1. The summed E-state index contributed by atoms with van der Waals surface area (Å²) in [5.41, 5.74) is 3.19. The van der Waals surface area contributed by atoms with Gasteiger partial charge in [-0.25, -0.2) is 4.79 Å². The number of benzene rings is 3. The summed E-state index contributed by atoms with van der Waals surface area (Å²) in [6.45, 7) is 1.87. The minimum Gasteiger partial charge on any atom is -0.301 e. The summed E-state index contributed by atoms with van der Waals surface area (Å²) in [6, 6.07) is 26.7. The highest BCUT2D eigenvalue weighted by Gasteiger charge is 2.14. The Hall–Kier alpha value is -3.64. The summed E-state index contributed by atoms with van der Waals surface area (Å²) in [5.74, 6) is 0.0622. The van der Waals surface area contributed by atoms with Crippen LogP contribution in [-0.2, 0) is 6.54 Å². The summed E-state index contributed by atoms with van der Waals surface area (Å²) in [6.07, 6.45) is 0. The number of hydrogen-bond acceptors (Lipinski definition) is 4. The van der Waals surface area contributed by atoms with Gasteiger partial charge < -0.3 is 4.98 Å². The molecule has 0 aliphatic carbocycles. The molecule has 1 N–H and O–H groups in total. The van der Waals surface area contributed by atoms with Crippen molar-refractivity contribution < 1.29 is 4.79 Å². The molecule has 0 saturated carbocycles. The van der Waals surface area contributed by atoms with Gasteiger partial charge in [-0.3, -0.25) is 14.2 Å². The zero-order valence-electron chi connectivity index (χ0n) is 17.6. The summed E-state index contributed by atoms with van der Waals surface area (Å²) in [7, 11) is 0. The van der Waals surface area contributed by atoms with Crippen LogP contribution in [0.3, 0.4) is 0 Å². The van der Waals surface area contributed by atoms with Crippen LogP contribution in [0.15, 0.2) is 99.5 Å². The molecular weight excluding hydrogens is 420 g/mol. The molecule has 3 aromatic carbocycles. The second-order valence-electron chi connectivity index (χ2n) is 7.42. The standard InChI is InChI=1S/C26H22N2O3S/c1-18-24(27-26(31)28(25(18)30)16-19-8-4-2-5-9-19)32-17-23(29)22-14-12-21(13-15-22)20-10-6-3-7-11-20/h2-15H,16-17H2,1H3,(H,27,31). The molecule has 6 heteroatoms. The van der Waals surface area contributed by atoms with Crippen molar-refractivity contribution in [1.29, 1.82) is 0 Å². The van der Waals surface area contributed by atoms with Crippen LogP contribution in [0, 0.1) is 6.92 Å². The molecule has 0 spiro atoms. The van der Waals surface area contributed by atoms with Crippen LogP contribution < -0.4 is 11.2 Å². The Morgan fingerprint density at radius 2 is 1.44 bits per heavy atom. The average molecular weight is 443 g/mol. The van der Waals surface area contributed by atoms with Gasteiger partial charge in [-0.1, -0.05) is 96.7 Å². The Morgan fingerprint density at radius 1 is 0.844 bits per heavy atom. The van der Waals surface area contributed by atoms with Crippen LogP contribution in [0.2, 0.25) is 0 Å². The van der Waals surface area contributed by atoms with Crippen molar-refractivity contribution in [1.82, 2.24) is 9.55 Å². The normalized spacial score (nSPS) is 10.8. The lowest BCUT2D eigenvalue weighted by Gasteiger charge is -2.10. The molecule has 0 amide bonds. The summed E-state index contributed by atoms with van der Waals surface area (Å²) < 4.78 is 1.18. The van der Waals surface area contributed by atoms with Gasteiger partial charge in [-0.15, -0.1) is 0 Å². The quantitative estimate of drug-likeness (QED) is 0.259. The van der Waals surface area contributed by atoms with Crippen molar-refractivity contribution in [2.45, 2.75) is 18.5 Å². The first-order chi connectivity index (χ1) is 15.5. The molecule has 0 unspecified atom stereocenters. The Balaban J connectivity index is 1.47. The zero-order chi connectivity index (χ0) is 22.5. The van der Waals surface area contributed by atoms with Gasteiger partial charge in [-0.05, 0) is 23.6 Å². The largest absolute Gasteiger partial charge is 0.329 e. The van der Waals surface area contributed by atoms with Gasteiger partial charge in [0, 0.05) is 11.1 Å².